The Hall–Kier alpha value is -1.56. The minimum Gasteiger partial charge on any atom is -0.376 e. The first-order valence-electron chi connectivity index (χ1n) is 11.1. The number of nitrogens with zero attached hydrogens (tertiary/aromatic N) is 1. The highest BCUT2D eigenvalue weighted by atomic mass is 35.5. The van der Waals surface area contributed by atoms with Gasteiger partial charge < -0.3 is 9.64 Å². The first-order valence-corrected chi connectivity index (χ1v) is 11.4. The van der Waals surface area contributed by atoms with E-state index < -0.39 is 11.7 Å². The summed E-state index contributed by atoms with van der Waals surface area (Å²) in [6.07, 6.45) is 1.68. The Labute approximate surface area is 187 Å². The van der Waals surface area contributed by atoms with Crippen molar-refractivity contribution in [3.8, 4) is 0 Å². The van der Waals surface area contributed by atoms with E-state index in [0.717, 1.165) is 55.2 Å². The van der Waals surface area contributed by atoms with Crippen LogP contribution in [0.5, 0.6) is 0 Å². The number of benzene rings is 2. The van der Waals surface area contributed by atoms with Gasteiger partial charge in [0.15, 0.2) is 0 Å². The van der Waals surface area contributed by atoms with E-state index >= 15 is 0 Å². The zero-order chi connectivity index (χ0) is 21.9. The lowest BCUT2D eigenvalue weighted by molar-refractivity contribution is -0.137. The minimum atomic E-state index is -4.29. The van der Waals surface area contributed by atoms with Crippen molar-refractivity contribution in [2.75, 3.05) is 26.2 Å². The standard InChI is InChI=1S/C25H29ClF3NO/c26-23-8-6-21(7-9-23)24(12-1-13-24)18-30-14-10-20(11-15-30)17-31-16-19-2-4-22(5-3-19)25(27,28)29/h2-9,20H,1,10-18H2. The average molecular weight is 452 g/mol. The van der Waals surface area contributed by atoms with Crippen LogP contribution >= 0.6 is 11.6 Å². The van der Waals surface area contributed by atoms with Gasteiger partial charge in [-0.2, -0.15) is 13.2 Å². The van der Waals surface area contributed by atoms with Crippen LogP contribution < -0.4 is 0 Å². The van der Waals surface area contributed by atoms with Crippen molar-refractivity contribution in [2.24, 2.45) is 5.92 Å². The van der Waals surface area contributed by atoms with Crippen molar-refractivity contribution in [2.45, 2.75) is 50.3 Å². The Bertz CT molecular complexity index is 839. The first-order chi connectivity index (χ1) is 14.8. The number of alkyl halides is 3. The number of hydrogen-bond donors (Lipinski definition) is 0. The van der Waals surface area contributed by atoms with Crippen LogP contribution in [0, 0.1) is 5.92 Å². The van der Waals surface area contributed by atoms with E-state index in [1.807, 2.05) is 12.1 Å². The lowest BCUT2D eigenvalue weighted by Crippen LogP contribution is -2.48. The number of halogens is 4. The van der Waals surface area contributed by atoms with E-state index in [4.69, 9.17) is 16.3 Å². The maximum Gasteiger partial charge on any atom is 0.416 e. The van der Waals surface area contributed by atoms with Gasteiger partial charge in [-0.1, -0.05) is 42.3 Å². The predicted octanol–water partition coefficient (Wildman–Crippen LogP) is 6.71. The molecule has 6 heteroatoms. The molecule has 4 rings (SSSR count). The van der Waals surface area contributed by atoms with Crippen LogP contribution in [0.1, 0.15) is 48.8 Å². The molecular weight excluding hydrogens is 423 g/mol. The molecule has 0 unspecified atom stereocenters. The van der Waals surface area contributed by atoms with Crippen molar-refractivity contribution in [1.82, 2.24) is 4.90 Å². The monoisotopic (exact) mass is 451 g/mol. The summed E-state index contributed by atoms with van der Waals surface area (Å²) in [6.45, 7) is 4.27. The molecule has 0 spiro atoms. The van der Waals surface area contributed by atoms with Crippen molar-refractivity contribution < 1.29 is 17.9 Å². The van der Waals surface area contributed by atoms with Gasteiger partial charge in [0.1, 0.15) is 0 Å². The van der Waals surface area contributed by atoms with Crippen LogP contribution in [0.15, 0.2) is 48.5 Å². The summed E-state index contributed by atoms with van der Waals surface area (Å²) in [5, 5.41) is 0.787. The van der Waals surface area contributed by atoms with Crippen LogP contribution in [0.2, 0.25) is 5.02 Å². The second-order valence-corrected chi connectivity index (χ2v) is 9.51. The fourth-order valence-corrected chi connectivity index (χ4v) is 4.94. The molecule has 2 nitrogen and oxygen atoms in total. The highest BCUT2D eigenvalue weighted by molar-refractivity contribution is 6.30. The molecule has 0 radical (unpaired) electrons. The number of ether oxygens (including phenoxy) is 1. The van der Waals surface area contributed by atoms with Crippen LogP contribution in [0.4, 0.5) is 13.2 Å². The summed E-state index contributed by atoms with van der Waals surface area (Å²) >= 11 is 6.07. The molecule has 1 saturated carbocycles. The van der Waals surface area contributed by atoms with Crippen LogP contribution in [-0.2, 0) is 22.9 Å². The maximum atomic E-state index is 12.6. The van der Waals surface area contributed by atoms with E-state index in [-0.39, 0.29) is 5.41 Å². The van der Waals surface area contributed by atoms with E-state index in [2.05, 4.69) is 17.0 Å². The molecule has 168 valence electrons. The van der Waals surface area contributed by atoms with Gasteiger partial charge in [0.05, 0.1) is 12.2 Å². The van der Waals surface area contributed by atoms with Gasteiger partial charge in [-0.05, 0) is 80.1 Å². The molecule has 0 amide bonds. The molecule has 31 heavy (non-hydrogen) atoms. The molecular formula is C25H29ClF3NO. The maximum absolute atomic E-state index is 12.6. The normalized spacial score (nSPS) is 19.9. The van der Waals surface area contributed by atoms with E-state index in [1.54, 1.807) is 0 Å². The fourth-order valence-electron chi connectivity index (χ4n) is 4.82. The van der Waals surface area contributed by atoms with Crippen LogP contribution in [-0.4, -0.2) is 31.1 Å². The second kappa shape index (κ2) is 9.51. The number of hydrogen-bond acceptors (Lipinski definition) is 2. The smallest absolute Gasteiger partial charge is 0.376 e. The lowest BCUT2D eigenvalue weighted by Gasteiger charge is -2.47. The number of piperidine rings is 1. The summed E-state index contributed by atoms with van der Waals surface area (Å²) in [4.78, 5) is 2.58. The van der Waals surface area contributed by atoms with Gasteiger partial charge >= 0.3 is 6.18 Å². The SMILES string of the molecule is FC(F)(F)c1ccc(COCC2CCN(CC3(c4ccc(Cl)cc4)CCC3)CC2)cc1. The molecule has 0 atom stereocenters. The lowest BCUT2D eigenvalue weighted by atomic mass is 9.64. The van der Waals surface area contributed by atoms with Gasteiger partial charge in [0.2, 0.25) is 0 Å². The van der Waals surface area contributed by atoms with Crippen molar-refractivity contribution in [1.29, 1.82) is 0 Å². The third-order valence-electron chi connectivity index (χ3n) is 6.90. The largest absolute Gasteiger partial charge is 0.416 e. The summed E-state index contributed by atoms with van der Waals surface area (Å²) in [5.41, 5.74) is 1.84. The van der Waals surface area contributed by atoms with E-state index in [9.17, 15) is 13.2 Å². The highest BCUT2D eigenvalue weighted by Crippen LogP contribution is 2.45. The van der Waals surface area contributed by atoms with E-state index in [0.29, 0.717) is 19.1 Å². The molecule has 1 aliphatic carbocycles. The molecule has 2 fully saturated rings. The van der Waals surface area contributed by atoms with Crippen molar-refractivity contribution in [3.63, 3.8) is 0 Å². The molecule has 0 N–H and O–H groups in total. The number of likely N-dealkylation sites (tertiary alicyclic amines) is 1. The van der Waals surface area contributed by atoms with Gasteiger partial charge in [0.25, 0.3) is 0 Å². The zero-order valence-corrected chi connectivity index (χ0v) is 18.4. The quantitative estimate of drug-likeness (QED) is 0.464. The van der Waals surface area contributed by atoms with Gasteiger partial charge in [-0.3, -0.25) is 0 Å². The topological polar surface area (TPSA) is 12.5 Å². The summed E-state index contributed by atoms with van der Waals surface area (Å²) in [7, 11) is 0. The van der Waals surface area contributed by atoms with Gasteiger partial charge in [0, 0.05) is 23.6 Å². The minimum absolute atomic E-state index is 0.274. The Morgan fingerprint density at radius 2 is 1.61 bits per heavy atom. The van der Waals surface area contributed by atoms with Crippen LogP contribution in [0.25, 0.3) is 0 Å². The molecule has 2 aliphatic rings. The number of rotatable bonds is 7. The Kier molecular flexibility index (Phi) is 6.95. The third-order valence-corrected chi connectivity index (χ3v) is 7.16. The Morgan fingerprint density at radius 3 is 2.16 bits per heavy atom. The molecule has 0 bridgehead atoms. The molecule has 1 saturated heterocycles. The molecule has 0 aromatic heterocycles. The Morgan fingerprint density at radius 1 is 0.968 bits per heavy atom. The average Bonchev–Trinajstić information content (AvgIpc) is 2.72. The molecule has 1 heterocycles. The summed E-state index contributed by atoms with van der Waals surface area (Å²) < 4.78 is 43.8. The Balaban J connectivity index is 1.21. The van der Waals surface area contributed by atoms with Crippen molar-refractivity contribution >= 4 is 11.6 Å². The second-order valence-electron chi connectivity index (χ2n) is 9.07. The highest BCUT2D eigenvalue weighted by Gasteiger charge is 2.40. The zero-order valence-electron chi connectivity index (χ0n) is 17.6. The third kappa shape index (κ3) is 5.63. The van der Waals surface area contributed by atoms with Gasteiger partial charge in [-0.25, -0.2) is 0 Å². The van der Waals surface area contributed by atoms with Gasteiger partial charge in [-0.15, -0.1) is 0 Å². The van der Waals surface area contributed by atoms with E-state index in [1.165, 1.54) is 37.0 Å². The van der Waals surface area contributed by atoms with Crippen LogP contribution in [0.3, 0.4) is 0 Å². The molecule has 2 aromatic carbocycles. The first kappa shape index (κ1) is 22.6. The predicted molar refractivity (Wildman–Crippen MR) is 117 cm³/mol. The molecule has 2 aromatic rings. The molecule has 1 aliphatic heterocycles. The summed E-state index contributed by atoms with van der Waals surface area (Å²) in [6, 6.07) is 13.6. The summed E-state index contributed by atoms with van der Waals surface area (Å²) in [5.74, 6) is 0.513. The van der Waals surface area contributed by atoms with Crippen molar-refractivity contribution in [3.05, 3.63) is 70.2 Å². The fraction of sp³-hybridized carbons (Fsp3) is 0.520.